The zero-order valence-electron chi connectivity index (χ0n) is 13.6. The molecule has 1 fully saturated rings. The van der Waals surface area contributed by atoms with E-state index in [4.69, 9.17) is 5.26 Å². The van der Waals surface area contributed by atoms with Crippen LogP contribution in [-0.4, -0.2) is 37.0 Å². The zero-order chi connectivity index (χ0) is 15.9. The summed E-state index contributed by atoms with van der Waals surface area (Å²) in [5.41, 5.74) is 2.16. The number of likely N-dealkylation sites (tertiary alicyclic amines) is 1. The maximum absolute atomic E-state index is 12.9. The molecule has 1 saturated heterocycles. The van der Waals surface area contributed by atoms with Crippen LogP contribution in [0.1, 0.15) is 31.7 Å². The van der Waals surface area contributed by atoms with Crippen molar-refractivity contribution in [3.8, 4) is 6.07 Å². The first-order chi connectivity index (χ1) is 10.7. The van der Waals surface area contributed by atoms with Crippen LogP contribution in [0, 0.1) is 24.2 Å². The summed E-state index contributed by atoms with van der Waals surface area (Å²) in [5, 5.41) is 8.72. The minimum Gasteiger partial charge on any atom is -0.312 e. The van der Waals surface area contributed by atoms with Crippen molar-refractivity contribution < 1.29 is 4.79 Å². The lowest BCUT2D eigenvalue weighted by Crippen LogP contribution is -2.45. The largest absolute Gasteiger partial charge is 0.312 e. The molecule has 22 heavy (non-hydrogen) atoms. The molecule has 1 unspecified atom stereocenters. The minimum absolute atomic E-state index is 0.0490. The molecule has 0 radical (unpaired) electrons. The summed E-state index contributed by atoms with van der Waals surface area (Å²) in [7, 11) is 0. The molecule has 0 aromatic heterocycles. The molecule has 0 spiro atoms. The van der Waals surface area contributed by atoms with E-state index in [0.717, 1.165) is 38.2 Å². The molecule has 0 saturated carbocycles. The van der Waals surface area contributed by atoms with Crippen LogP contribution in [0.3, 0.4) is 0 Å². The van der Waals surface area contributed by atoms with Crippen LogP contribution in [0.2, 0.25) is 0 Å². The van der Waals surface area contributed by atoms with E-state index in [1.807, 2.05) is 36.9 Å². The van der Waals surface area contributed by atoms with Crippen LogP contribution in [0.5, 0.6) is 0 Å². The Labute approximate surface area is 133 Å². The summed E-state index contributed by atoms with van der Waals surface area (Å²) in [6, 6.07) is 10.3. The normalized spacial score (nSPS) is 18.7. The number of amides is 1. The second-order valence-corrected chi connectivity index (χ2v) is 5.97. The Morgan fingerprint density at radius 1 is 1.50 bits per heavy atom. The van der Waals surface area contributed by atoms with Crippen LogP contribution in [0.4, 0.5) is 5.69 Å². The Kier molecular flexibility index (Phi) is 5.97. The number of carbonyl (C=O) groups excluding carboxylic acids is 1. The SMILES string of the molecule is CCN(C(=O)C1CCCN(CCC#N)C1)c1cccc(C)c1. The average molecular weight is 299 g/mol. The number of nitrogens with zero attached hydrogens (tertiary/aromatic N) is 3. The van der Waals surface area contributed by atoms with Gasteiger partial charge in [0.2, 0.25) is 5.91 Å². The van der Waals surface area contributed by atoms with Crippen molar-refractivity contribution in [2.45, 2.75) is 33.1 Å². The van der Waals surface area contributed by atoms with Gasteiger partial charge in [0.15, 0.2) is 0 Å². The van der Waals surface area contributed by atoms with E-state index in [0.29, 0.717) is 13.0 Å². The van der Waals surface area contributed by atoms with Gasteiger partial charge in [-0.1, -0.05) is 12.1 Å². The minimum atomic E-state index is 0.0490. The van der Waals surface area contributed by atoms with Crippen LogP contribution in [0.15, 0.2) is 24.3 Å². The molecule has 1 aliphatic heterocycles. The molecular formula is C18H25N3O. The van der Waals surface area contributed by atoms with E-state index >= 15 is 0 Å². The van der Waals surface area contributed by atoms with E-state index in [9.17, 15) is 4.79 Å². The van der Waals surface area contributed by atoms with E-state index in [1.54, 1.807) is 0 Å². The van der Waals surface area contributed by atoms with E-state index < -0.39 is 0 Å². The maximum Gasteiger partial charge on any atom is 0.231 e. The molecule has 1 aromatic rings. The smallest absolute Gasteiger partial charge is 0.231 e. The molecule has 0 N–H and O–H groups in total. The predicted molar refractivity (Wildman–Crippen MR) is 88.6 cm³/mol. The number of rotatable bonds is 5. The number of anilines is 1. The topological polar surface area (TPSA) is 47.3 Å². The average Bonchev–Trinajstić information content (AvgIpc) is 2.54. The quantitative estimate of drug-likeness (QED) is 0.840. The van der Waals surface area contributed by atoms with Gasteiger partial charge in [-0.15, -0.1) is 0 Å². The van der Waals surface area contributed by atoms with Crippen LogP contribution in [-0.2, 0) is 4.79 Å². The van der Waals surface area contributed by atoms with Gasteiger partial charge in [-0.05, 0) is 50.9 Å². The number of hydrogen-bond acceptors (Lipinski definition) is 3. The second kappa shape index (κ2) is 7.95. The summed E-state index contributed by atoms with van der Waals surface area (Å²) in [6.45, 7) is 7.32. The molecular weight excluding hydrogens is 274 g/mol. The molecule has 1 amide bonds. The molecule has 1 aliphatic rings. The Morgan fingerprint density at radius 3 is 3.00 bits per heavy atom. The Balaban J connectivity index is 2.06. The van der Waals surface area contributed by atoms with Gasteiger partial charge < -0.3 is 9.80 Å². The van der Waals surface area contributed by atoms with Crippen molar-refractivity contribution in [1.29, 1.82) is 5.26 Å². The first kappa shape index (κ1) is 16.5. The fourth-order valence-electron chi connectivity index (χ4n) is 3.15. The lowest BCUT2D eigenvalue weighted by Gasteiger charge is -2.34. The van der Waals surface area contributed by atoms with Crippen molar-refractivity contribution in [2.75, 3.05) is 31.1 Å². The van der Waals surface area contributed by atoms with Crippen molar-refractivity contribution >= 4 is 11.6 Å². The van der Waals surface area contributed by atoms with Gasteiger partial charge >= 0.3 is 0 Å². The van der Waals surface area contributed by atoms with Crippen LogP contribution in [0.25, 0.3) is 0 Å². The highest BCUT2D eigenvalue weighted by Crippen LogP contribution is 2.23. The van der Waals surface area contributed by atoms with Crippen molar-refractivity contribution in [3.05, 3.63) is 29.8 Å². The summed E-state index contributed by atoms with van der Waals surface area (Å²) in [4.78, 5) is 17.0. The molecule has 4 nitrogen and oxygen atoms in total. The van der Waals surface area contributed by atoms with E-state index in [-0.39, 0.29) is 11.8 Å². The van der Waals surface area contributed by atoms with Gasteiger partial charge in [0.1, 0.15) is 0 Å². The maximum atomic E-state index is 12.9. The summed E-state index contributed by atoms with van der Waals surface area (Å²) >= 11 is 0. The molecule has 118 valence electrons. The third kappa shape index (κ3) is 4.08. The highest BCUT2D eigenvalue weighted by Gasteiger charge is 2.29. The molecule has 0 bridgehead atoms. The molecule has 1 aromatic carbocycles. The Hall–Kier alpha value is -1.86. The third-order valence-electron chi connectivity index (χ3n) is 4.29. The number of benzene rings is 1. The summed E-state index contributed by atoms with van der Waals surface area (Å²) in [6.07, 6.45) is 2.52. The van der Waals surface area contributed by atoms with E-state index in [1.165, 1.54) is 5.56 Å². The predicted octanol–water partition coefficient (Wildman–Crippen LogP) is 2.97. The first-order valence-corrected chi connectivity index (χ1v) is 8.13. The fourth-order valence-corrected chi connectivity index (χ4v) is 3.15. The van der Waals surface area contributed by atoms with Gasteiger partial charge in [0.25, 0.3) is 0 Å². The lowest BCUT2D eigenvalue weighted by atomic mass is 9.96. The summed E-state index contributed by atoms with van der Waals surface area (Å²) in [5.74, 6) is 0.266. The molecule has 4 heteroatoms. The highest BCUT2D eigenvalue weighted by molar-refractivity contribution is 5.95. The Morgan fingerprint density at radius 2 is 2.32 bits per heavy atom. The lowest BCUT2D eigenvalue weighted by molar-refractivity contribution is -0.124. The van der Waals surface area contributed by atoms with E-state index in [2.05, 4.69) is 17.0 Å². The van der Waals surface area contributed by atoms with Gasteiger partial charge in [-0.3, -0.25) is 4.79 Å². The number of carbonyl (C=O) groups is 1. The standard InChI is InChI=1S/C18H25N3O/c1-3-21(17-9-4-7-15(2)13-17)18(22)16-8-5-11-20(14-16)12-6-10-19/h4,7,9,13,16H,3,5-6,8,11-12,14H2,1-2H3. The summed E-state index contributed by atoms with van der Waals surface area (Å²) < 4.78 is 0. The van der Waals surface area contributed by atoms with Crippen molar-refractivity contribution in [2.24, 2.45) is 5.92 Å². The van der Waals surface area contributed by atoms with Gasteiger partial charge in [-0.2, -0.15) is 5.26 Å². The fraction of sp³-hybridized carbons (Fsp3) is 0.556. The van der Waals surface area contributed by atoms with Crippen LogP contribution >= 0.6 is 0 Å². The van der Waals surface area contributed by atoms with Crippen LogP contribution < -0.4 is 4.90 Å². The second-order valence-electron chi connectivity index (χ2n) is 5.97. The molecule has 1 atom stereocenters. The van der Waals surface area contributed by atoms with Crippen molar-refractivity contribution in [3.63, 3.8) is 0 Å². The molecule has 1 heterocycles. The molecule has 2 rings (SSSR count). The number of hydrogen-bond donors (Lipinski definition) is 0. The zero-order valence-corrected chi connectivity index (χ0v) is 13.6. The third-order valence-corrected chi connectivity index (χ3v) is 4.29. The van der Waals surface area contributed by atoms with Crippen molar-refractivity contribution in [1.82, 2.24) is 4.90 Å². The Bertz CT molecular complexity index is 550. The van der Waals surface area contributed by atoms with Gasteiger partial charge in [-0.25, -0.2) is 0 Å². The highest BCUT2D eigenvalue weighted by atomic mass is 16.2. The molecule has 0 aliphatic carbocycles. The first-order valence-electron chi connectivity index (χ1n) is 8.13. The number of piperidine rings is 1. The monoisotopic (exact) mass is 299 g/mol. The number of nitriles is 1. The van der Waals surface area contributed by atoms with Gasteiger partial charge in [0, 0.05) is 31.7 Å². The van der Waals surface area contributed by atoms with Gasteiger partial charge in [0.05, 0.1) is 12.0 Å². The number of aryl methyl sites for hydroxylation is 1.